The highest BCUT2D eigenvalue weighted by molar-refractivity contribution is 7.54. The third-order valence-corrected chi connectivity index (χ3v) is 8.13. The number of aliphatic hydroxyl groups excluding tert-OH is 1. The van der Waals surface area contributed by atoms with Crippen LogP contribution in [0.2, 0.25) is 0 Å². The molecule has 0 aliphatic carbocycles. The van der Waals surface area contributed by atoms with E-state index in [4.69, 9.17) is 23.5 Å². The van der Waals surface area contributed by atoms with Crippen molar-refractivity contribution in [3.8, 4) is 5.88 Å². The predicted octanol–water partition coefficient (Wildman–Crippen LogP) is 1.55. The van der Waals surface area contributed by atoms with Crippen molar-refractivity contribution in [1.82, 2.24) is 19.7 Å². The second-order valence-corrected chi connectivity index (χ2v) is 12.8. The van der Waals surface area contributed by atoms with Gasteiger partial charge in [0.15, 0.2) is 5.72 Å². The summed E-state index contributed by atoms with van der Waals surface area (Å²) in [6.07, 6.45) is -1.55. The largest absolute Gasteiger partial charge is 0.481 e. The second-order valence-electron chi connectivity index (χ2n) is 10.9. The van der Waals surface area contributed by atoms with E-state index in [0.29, 0.717) is 0 Å². The fourth-order valence-electron chi connectivity index (χ4n) is 4.16. The Morgan fingerprint density at radius 3 is 1.88 bits per heavy atom. The number of carbonyl (C=O) groups is 2. The lowest BCUT2D eigenvalue weighted by Crippen LogP contribution is -2.54. The van der Waals surface area contributed by atoms with E-state index in [0.717, 1.165) is 11.5 Å². The molecular formula is C27H49N4O11P. The van der Waals surface area contributed by atoms with Crippen molar-refractivity contribution in [1.29, 1.82) is 0 Å². The number of esters is 2. The molecule has 5 atom stereocenters. The molecule has 0 fully saturated rings. The summed E-state index contributed by atoms with van der Waals surface area (Å²) in [7, 11) is -1.79. The molecule has 1 aromatic heterocycles. The van der Waals surface area contributed by atoms with Gasteiger partial charge in [0.25, 0.3) is 0 Å². The lowest BCUT2D eigenvalue weighted by atomic mass is 10.0. The van der Waals surface area contributed by atoms with Crippen LogP contribution in [0.1, 0.15) is 61.3 Å². The van der Waals surface area contributed by atoms with Crippen LogP contribution in [0.3, 0.4) is 0 Å². The first-order valence-electron chi connectivity index (χ1n) is 14.3. The van der Waals surface area contributed by atoms with Gasteiger partial charge in [0, 0.05) is 19.4 Å². The molecule has 0 amide bonds. The Morgan fingerprint density at radius 2 is 1.51 bits per heavy atom. The lowest BCUT2D eigenvalue weighted by Gasteiger charge is -2.36. The number of aliphatic hydroxyl groups is 2. The fraction of sp³-hybridized carbons (Fsp3) is 0.778. The van der Waals surface area contributed by atoms with Crippen LogP contribution in [0.5, 0.6) is 5.88 Å². The molecule has 0 saturated heterocycles. The summed E-state index contributed by atoms with van der Waals surface area (Å²) in [6, 6.07) is -0.853. The summed E-state index contributed by atoms with van der Waals surface area (Å²) >= 11 is 0. The highest BCUT2D eigenvalue weighted by atomic mass is 31.2. The maximum Gasteiger partial charge on any atom is 0.353 e. The van der Waals surface area contributed by atoms with Gasteiger partial charge in [0.2, 0.25) is 5.88 Å². The molecule has 43 heavy (non-hydrogen) atoms. The number of nitrogens with one attached hydrogen (secondary N) is 2. The van der Waals surface area contributed by atoms with Gasteiger partial charge in [0.1, 0.15) is 24.3 Å². The van der Waals surface area contributed by atoms with Gasteiger partial charge in [-0.2, -0.15) is 4.98 Å². The van der Waals surface area contributed by atoms with Gasteiger partial charge in [-0.15, -0.1) is 0 Å². The highest BCUT2D eigenvalue weighted by Gasteiger charge is 2.42. The van der Waals surface area contributed by atoms with E-state index in [1.807, 2.05) is 27.7 Å². The topological polar surface area (TPSA) is 197 Å². The second kappa shape index (κ2) is 17.8. The molecule has 4 N–H and O–H groups in total. The van der Waals surface area contributed by atoms with Gasteiger partial charge in [0.05, 0.1) is 26.9 Å². The third kappa shape index (κ3) is 11.9. The smallest absolute Gasteiger partial charge is 0.353 e. The van der Waals surface area contributed by atoms with Gasteiger partial charge < -0.3 is 33.7 Å². The molecular weight excluding hydrogens is 587 g/mol. The van der Waals surface area contributed by atoms with E-state index in [2.05, 4.69) is 15.2 Å². The molecule has 0 aliphatic rings. The zero-order chi connectivity index (χ0) is 33.0. The monoisotopic (exact) mass is 636 g/mol. The summed E-state index contributed by atoms with van der Waals surface area (Å²) in [5.74, 6) is -1.38. The van der Waals surface area contributed by atoms with E-state index in [1.54, 1.807) is 13.8 Å². The molecule has 1 aromatic rings. The Balaban J connectivity index is 3.43. The molecule has 0 aromatic carbocycles. The van der Waals surface area contributed by atoms with Gasteiger partial charge in [-0.1, -0.05) is 27.7 Å². The number of hydrogen-bond acceptors (Lipinski definition) is 12. The molecule has 248 valence electrons. The molecule has 1 rings (SSSR count). The molecule has 1 heterocycles. The van der Waals surface area contributed by atoms with Crippen molar-refractivity contribution in [2.45, 2.75) is 91.3 Å². The molecule has 0 bridgehead atoms. The molecule has 16 heteroatoms. The number of rotatable bonds is 20. The number of hydrogen-bond donors (Lipinski definition) is 4. The Hall–Kier alpha value is -2.39. The number of carbonyl (C=O) groups excluding carboxylic acids is 2. The summed E-state index contributed by atoms with van der Waals surface area (Å²) in [4.78, 5) is 41.8. The summed E-state index contributed by atoms with van der Waals surface area (Å²) < 4.78 is 41.5. The quantitative estimate of drug-likeness (QED) is 0.119. The van der Waals surface area contributed by atoms with Crippen LogP contribution in [0.25, 0.3) is 0 Å². The first-order valence-corrected chi connectivity index (χ1v) is 15.9. The molecule has 5 unspecified atom stereocenters. The molecule has 0 aliphatic heterocycles. The van der Waals surface area contributed by atoms with Crippen LogP contribution in [0, 0.1) is 11.8 Å². The van der Waals surface area contributed by atoms with Crippen molar-refractivity contribution in [3.05, 3.63) is 22.7 Å². The SMILES string of the molecule is CCOC(=O)C(CC(C)C)NP(=O)(NC(CC(C)C)C(=O)OCC)OCC(OC)C(O)C(C)(O)n1ccc(OC)nc1=O. The molecule has 0 saturated carbocycles. The van der Waals surface area contributed by atoms with Crippen LogP contribution in [0.4, 0.5) is 0 Å². The minimum absolute atomic E-state index is 0.00588. The lowest BCUT2D eigenvalue weighted by molar-refractivity contribution is -0.176. The van der Waals surface area contributed by atoms with E-state index in [9.17, 15) is 29.2 Å². The van der Waals surface area contributed by atoms with Crippen LogP contribution < -0.4 is 20.6 Å². The van der Waals surface area contributed by atoms with E-state index in [-0.39, 0.29) is 43.8 Å². The highest BCUT2D eigenvalue weighted by Crippen LogP contribution is 2.41. The average Bonchev–Trinajstić information content (AvgIpc) is 2.92. The Labute approximate surface area is 253 Å². The Bertz CT molecular complexity index is 1090. The summed E-state index contributed by atoms with van der Waals surface area (Å²) in [5, 5.41) is 27.7. The number of ether oxygens (including phenoxy) is 4. The van der Waals surface area contributed by atoms with E-state index < -0.39 is 61.9 Å². The molecule has 0 spiro atoms. The van der Waals surface area contributed by atoms with Crippen LogP contribution in [-0.2, 0) is 38.6 Å². The maximum atomic E-state index is 14.4. The molecule has 0 radical (unpaired) electrons. The third-order valence-electron chi connectivity index (χ3n) is 6.32. The first-order chi connectivity index (χ1) is 20.0. The number of nitrogens with zero attached hydrogens (tertiary/aromatic N) is 2. The summed E-state index contributed by atoms with van der Waals surface area (Å²) in [5.41, 5.74) is -3.17. The van der Waals surface area contributed by atoms with Gasteiger partial charge >= 0.3 is 25.3 Å². The van der Waals surface area contributed by atoms with E-state index in [1.165, 1.54) is 26.5 Å². The van der Waals surface area contributed by atoms with Crippen molar-refractivity contribution in [2.24, 2.45) is 11.8 Å². The Kier molecular flexibility index (Phi) is 16.0. The van der Waals surface area contributed by atoms with Crippen molar-refractivity contribution in [2.75, 3.05) is 34.0 Å². The van der Waals surface area contributed by atoms with E-state index >= 15 is 0 Å². The van der Waals surface area contributed by atoms with Crippen molar-refractivity contribution in [3.63, 3.8) is 0 Å². The van der Waals surface area contributed by atoms with Gasteiger partial charge in [-0.05, 0) is 45.4 Å². The van der Waals surface area contributed by atoms with Gasteiger partial charge in [-0.3, -0.25) is 18.7 Å². The zero-order valence-electron chi connectivity index (χ0n) is 26.6. The molecule has 15 nitrogen and oxygen atoms in total. The summed E-state index contributed by atoms with van der Waals surface area (Å²) in [6.45, 7) is 11.4. The van der Waals surface area contributed by atoms with Crippen LogP contribution in [0.15, 0.2) is 17.1 Å². The Morgan fingerprint density at radius 1 is 1.02 bits per heavy atom. The maximum absolute atomic E-state index is 14.4. The minimum Gasteiger partial charge on any atom is -0.481 e. The predicted molar refractivity (Wildman–Crippen MR) is 157 cm³/mol. The zero-order valence-corrected chi connectivity index (χ0v) is 27.5. The van der Waals surface area contributed by atoms with Crippen LogP contribution >= 0.6 is 7.67 Å². The number of methoxy groups -OCH3 is 2. The number of aromatic nitrogens is 2. The minimum atomic E-state index is -4.32. The fourth-order valence-corrected chi connectivity index (χ4v) is 5.98. The standard InChI is InChI=1S/C27H49N4O11P/c1-10-40-24(33)19(14-17(3)4)29-43(37,30-20(15-18(5)6)25(34)41-11-2)42-16-21(38-8)23(32)27(7,36)31-13-12-22(39-9)28-26(31)35/h12-13,17-21,23,32,36H,10-11,14-16H2,1-9H3,(H2,29,30,37). The van der Waals surface area contributed by atoms with Crippen LogP contribution in [-0.4, -0.2) is 90.0 Å². The van der Waals surface area contributed by atoms with Gasteiger partial charge in [-0.25, -0.2) is 15.0 Å². The van der Waals surface area contributed by atoms with Crippen molar-refractivity contribution >= 4 is 19.6 Å². The first kappa shape index (κ1) is 38.6. The van der Waals surface area contributed by atoms with Crippen molar-refractivity contribution < 1.29 is 47.8 Å². The normalized spacial score (nSPS) is 17.4. The average molecular weight is 637 g/mol.